The fourth-order valence-corrected chi connectivity index (χ4v) is 2.48. The van der Waals surface area contributed by atoms with Crippen molar-refractivity contribution in [1.82, 2.24) is 0 Å². The molecule has 0 aromatic heterocycles. The Bertz CT molecular complexity index is 400. The third-order valence-corrected chi connectivity index (χ3v) is 3.79. The first kappa shape index (κ1) is 10.2. The van der Waals surface area contributed by atoms with Gasteiger partial charge in [-0.05, 0) is 36.3 Å². The Morgan fingerprint density at radius 1 is 1.27 bits per heavy atom. The summed E-state index contributed by atoms with van der Waals surface area (Å²) in [5, 5.41) is 9.39. The molecule has 0 spiro atoms. The molecule has 0 amide bonds. The van der Waals surface area contributed by atoms with Gasteiger partial charge in [-0.1, -0.05) is 38.1 Å². The zero-order valence-corrected chi connectivity index (χ0v) is 9.46. The van der Waals surface area contributed by atoms with E-state index in [2.05, 4.69) is 44.2 Å². The zero-order chi connectivity index (χ0) is 10.9. The van der Waals surface area contributed by atoms with Crippen LogP contribution in [0.1, 0.15) is 31.4 Å². The van der Waals surface area contributed by atoms with Crippen molar-refractivity contribution in [1.29, 1.82) is 5.26 Å². The van der Waals surface area contributed by atoms with Crippen LogP contribution in [0, 0.1) is 22.7 Å². The third kappa shape index (κ3) is 1.65. The Hall–Kier alpha value is -1.29. The molecule has 1 aliphatic rings. The largest absolute Gasteiger partial charge is 0.198 e. The molecule has 0 heterocycles. The number of rotatable bonds is 1. The molecule has 0 saturated heterocycles. The van der Waals surface area contributed by atoms with Crippen LogP contribution in [0.5, 0.6) is 0 Å². The van der Waals surface area contributed by atoms with E-state index in [0.717, 1.165) is 19.3 Å². The average molecular weight is 199 g/mol. The summed E-state index contributed by atoms with van der Waals surface area (Å²) < 4.78 is 0. The monoisotopic (exact) mass is 199 g/mol. The zero-order valence-electron chi connectivity index (χ0n) is 9.46. The molecular formula is C14H17N. The molecule has 0 saturated carbocycles. The van der Waals surface area contributed by atoms with Gasteiger partial charge in [-0.25, -0.2) is 0 Å². The molecule has 78 valence electrons. The standard InChI is InChI=1S/C14H17N/c1-11(2)14(10-15)8-7-12-5-3-4-6-13(12)9-14/h3-6,11H,7-9H2,1-2H3. The van der Waals surface area contributed by atoms with Gasteiger partial charge in [0.25, 0.3) is 0 Å². The van der Waals surface area contributed by atoms with Crippen molar-refractivity contribution < 1.29 is 0 Å². The fraction of sp³-hybridized carbons (Fsp3) is 0.500. The van der Waals surface area contributed by atoms with E-state index in [1.807, 2.05) is 0 Å². The maximum absolute atomic E-state index is 9.39. The van der Waals surface area contributed by atoms with Crippen LogP contribution in [0.4, 0.5) is 0 Å². The van der Waals surface area contributed by atoms with Gasteiger partial charge in [0.1, 0.15) is 0 Å². The van der Waals surface area contributed by atoms with Gasteiger partial charge in [0.15, 0.2) is 0 Å². The number of benzene rings is 1. The third-order valence-electron chi connectivity index (χ3n) is 3.79. The van der Waals surface area contributed by atoms with Gasteiger partial charge in [0.05, 0.1) is 11.5 Å². The minimum absolute atomic E-state index is 0.131. The minimum Gasteiger partial charge on any atom is -0.198 e. The van der Waals surface area contributed by atoms with Crippen molar-refractivity contribution in [3.05, 3.63) is 35.4 Å². The Balaban J connectivity index is 2.36. The van der Waals surface area contributed by atoms with E-state index in [4.69, 9.17) is 0 Å². The molecule has 0 aliphatic heterocycles. The smallest absolute Gasteiger partial charge is 0.0696 e. The van der Waals surface area contributed by atoms with E-state index < -0.39 is 0 Å². The lowest BCUT2D eigenvalue weighted by Crippen LogP contribution is -2.32. The van der Waals surface area contributed by atoms with Crippen LogP contribution in [0.3, 0.4) is 0 Å². The molecule has 0 fully saturated rings. The summed E-state index contributed by atoms with van der Waals surface area (Å²) in [5.41, 5.74) is 2.68. The number of fused-ring (bicyclic) bond motifs is 1. The topological polar surface area (TPSA) is 23.8 Å². The van der Waals surface area contributed by atoms with Crippen LogP contribution in [-0.2, 0) is 12.8 Å². The molecule has 2 rings (SSSR count). The van der Waals surface area contributed by atoms with Crippen molar-refractivity contribution in [3.8, 4) is 6.07 Å². The molecule has 1 aromatic carbocycles. The van der Waals surface area contributed by atoms with Gasteiger partial charge in [0.2, 0.25) is 0 Å². The Labute approximate surface area is 91.7 Å². The minimum atomic E-state index is -0.131. The highest BCUT2D eigenvalue weighted by Gasteiger charge is 2.37. The number of hydrogen-bond acceptors (Lipinski definition) is 1. The first-order chi connectivity index (χ1) is 7.18. The first-order valence-corrected chi connectivity index (χ1v) is 5.66. The lowest BCUT2D eigenvalue weighted by atomic mass is 9.66. The van der Waals surface area contributed by atoms with E-state index >= 15 is 0 Å². The van der Waals surface area contributed by atoms with E-state index in [9.17, 15) is 5.26 Å². The quantitative estimate of drug-likeness (QED) is 0.680. The van der Waals surface area contributed by atoms with Gasteiger partial charge in [-0.3, -0.25) is 0 Å². The number of hydrogen-bond donors (Lipinski definition) is 0. The maximum Gasteiger partial charge on any atom is 0.0696 e. The molecule has 1 aliphatic carbocycles. The lowest BCUT2D eigenvalue weighted by molar-refractivity contribution is 0.241. The molecule has 1 nitrogen and oxygen atoms in total. The second kappa shape index (κ2) is 3.70. The highest BCUT2D eigenvalue weighted by atomic mass is 14.4. The van der Waals surface area contributed by atoms with Gasteiger partial charge >= 0.3 is 0 Å². The number of nitrogens with zero attached hydrogens (tertiary/aromatic N) is 1. The van der Waals surface area contributed by atoms with Gasteiger partial charge in [-0.2, -0.15) is 5.26 Å². The van der Waals surface area contributed by atoms with E-state index in [1.165, 1.54) is 11.1 Å². The van der Waals surface area contributed by atoms with Crippen LogP contribution in [0.2, 0.25) is 0 Å². The SMILES string of the molecule is CC(C)C1(C#N)CCc2ccccc2C1. The van der Waals surface area contributed by atoms with Crippen LogP contribution in [0.25, 0.3) is 0 Å². The maximum atomic E-state index is 9.39. The second-order valence-electron chi connectivity index (χ2n) is 4.87. The first-order valence-electron chi connectivity index (χ1n) is 5.66. The van der Waals surface area contributed by atoms with Crippen molar-refractivity contribution in [3.63, 3.8) is 0 Å². The van der Waals surface area contributed by atoms with Crippen LogP contribution in [-0.4, -0.2) is 0 Å². The van der Waals surface area contributed by atoms with Crippen molar-refractivity contribution in [2.24, 2.45) is 11.3 Å². The highest BCUT2D eigenvalue weighted by molar-refractivity contribution is 5.33. The molecule has 0 N–H and O–H groups in total. The molecule has 1 heteroatoms. The summed E-state index contributed by atoms with van der Waals surface area (Å²) in [7, 11) is 0. The summed E-state index contributed by atoms with van der Waals surface area (Å²) in [6, 6.07) is 11.1. The molecular weight excluding hydrogens is 182 g/mol. The van der Waals surface area contributed by atoms with E-state index in [0.29, 0.717) is 5.92 Å². The average Bonchev–Trinajstić information content (AvgIpc) is 2.28. The number of nitriles is 1. The Morgan fingerprint density at radius 2 is 1.93 bits per heavy atom. The van der Waals surface area contributed by atoms with E-state index in [1.54, 1.807) is 0 Å². The summed E-state index contributed by atoms with van der Waals surface area (Å²) in [4.78, 5) is 0. The molecule has 0 bridgehead atoms. The Morgan fingerprint density at radius 3 is 2.53 bits per heavy atom. The summed E-state index contributed by atoms with van der Waals surface area (Å²) >= 11 is 0. The summed E-state index contributed by atoms with van der Waals surface area (Å²) in [5.74, 6) is 0.441. The van der Waals surface area contributed by atoms with Gasteiger partial charge in [-0.15, -0.1) is 0 Å². The predicted molar refractivity (Wildman–Crippen MR) is 61.4 cm³/mol. The predicted octanol–water partition coefficient (Wildman–Crippen LogP) is 3.34. The molecule has 1 aromatic rings. The van der Waals surface area contributed by atoms with Gasteiger partial charge < -0.3 is 0 Å². The van der Waals surface area contributed by atoms with Crippen LogP contribution < -0.4 is 0 Å². The molecule has 1 unspecified atom stereocenters. The number of aryl methyl sites for hydroxylation is 1. The van der Waals surface area contributed by atoms with Crippen LogP contribution >= 0.6 is 0 Å². The van der Waals surface area contributed by atoms with Gasteiger partial charge in [0, 0.05) is 0 Å². The molecule has 0 radical (unpaired) electrons. The highest BCUT2D eigenvalue weighted by Crippen LogP contribution is 2.40. The van der Waals surface area contributed by atoms with Crippen molar-refractivity contribution in [2.75, 3.05) is 0 Å². The Kier molecular flexibility index (Phi) is 2.52. The van der Waals surface area contributed by atoms with Crippen molar-refractivity contribution >= 4 is 0 Å². The summed E-state index contributed by atoms with van der Waals surface area (Å²) in [6.45, 7) is 4.33. The fourth-order valence-electron chi connectivity index (χ4n) is 2.48. The summed E-state index contributed by atoms with van der Waals surface area (Å²) in [6.07, 6.45) is 3.00. The van der Waals surface area contributed by atoms with Crippen molar-refractivity contribution in [2.45, 2.75) is 33.1 Å². The normalized spacial score (nSPS) is 24.7. The molecule has 15 heavy (non-hydrogen) atoms. The van der Waals surface area contributed by atoms with E-state index in [-0.39, 0.29) is 5.41 Å². The molecule has 1 atom stereocenters. The lowest BCUT2D eigenvalue weighted by Gasteiger charge is -2.35. The second-order valence-corrected chi connectivity index (χ2v) is 4.87. The van der Waals surface area contributed by atoms with Crippen LogP contribution in [0.15, 0.2) is 24.3 Å².